The van der Waals surface area contributed by atoms with Crippen LogP contribution in [0.4, 0.5) is 17.1 Å². The van der Waals surface area contributed by atoms with Crippen LogP contribution in [0.3, 0.4) is 0 Å². The SMILES string of the molecule is O=C(CCc1ccccc1)Nc1ccc(NC(=O)CNc2ccc(OCCOc3ccccc3)cc2)cc1. The highest BCUT2D eigenvalue weighted by Gasteiger charge is 2.06. The lowest BCUT2D eigenvalue weighted by Crippen LogP contribution is -2.21. The van der Waals surface area contributed by atoms with Crippen LogP contribution in [0, 0.1) is 0 Å². The molecule has 0 aromatic heterocycles. The van der Waals surface area contributed by atoms with Gasteiger partial charge in [0.15, 0.2) is 0 Å². The zero-order chi connectivity index (χ0) is 26.4. The Balaban J connectivity index is 1.12. The molecule has 194 valence electrons. The van der Waals surface area contributed by atoms with E-state index >= 15 is 0 Å². The Morgan fingerprint density at radius 2 is 1.05 bits per heavy atom. The van der Waals surface area contributed by atoms with Gasteiger partial charge in [0.2, 0.25) is 11.8 Å². The number of carbonyl (C=O) groups is 2. The maximum Gasteiger partial charge on any atom is 0.243 e. The molecule has 2 amide bonds. The molecule has 0 radical (unpaired) electrons. The number of anilines is 3. The molecule has 0 atom stereocenters. The Labute approximate surface area is 222 Å². The number of hydrogen-bond acceptors (Lipinski definition) is 5. The van der Waals surface area contributed by atoms with Crippen LogP contribution in [0.2, 0.25) is 0 Å². The van der Waals surface area contributed by atoms with E-state index in [0.717, 1.165) is 22.7 Å². The van der Waals surface area contributed by atoms with E-state index in [4.69, 9.17) is 9.47 Å². The second kappa shape index (κ2) is 14.1. The van der Waals surface area contributed by atoms with E-state index in [-0.39, 0.29) is 18.4 Å². The third kappa shape index (κ3) is 9.02. The van der Waals surface area contributed by atoms with Gasteiger partial charge in [-0.25, -0.2) is 0 Å². The van der Waals surface area contributed by atoms with E-state index in [1.807, 2.05) is 84.9 Å². The first-order chi connectivity index (χ1) is 18.6. The van der Waals surface area contributed by atoms with Crippen molar-refractivity contribution in [2.24, 2.45) is 0 Å². The minimum atomic E-state index is -0.178. The van der Waals surface area contributed by atoms with Crippen molar-refractivity contribution < 1.29 is 19.1 Å². The largest absolute Gasteiger partial charge is 0.490 e. The summed E-state index contributed by atoms with van der Waals surface area (Å²) in [6.45, 7) is 0.995. The topological polar surface area (TPSA) is 88.7 Å². The van der Waals surface area contributed by atoms with Crippen LogP contribution in [-0.2, 0) is 16.0 Å². The normalized spacial score (nSPS) is 10.3. The second-order valence-electron chi connectivity index (χ2n) is 8.55. The molecule has 0 unspecified atom stereocenters. The number of para-hydroxylation sites is 1. The number of rotatable bonds is 13. The van der Waals surface area contributed by atoms with Crippen LogP contribution in [0.5, 0.6) is 11.5 Å². The van der Waals surface area contributed by atoms with Crippen molar-refractivity contribution in [1.82, 2.24) is 0 Å². The smallest absolute Gasteiger partial charge is 0.243 e. The third-order valence-corrected chi connectivity index (χ3v) is 5.61. The molecule has 0 aliphatic rings. The van der Waals surface area contributed by atoms with Crippen molar-refractivity contribution in [3.05, 3.63) is 115 Å². The van der Waals surface area contributed by atoms with Crippen molar-refractivity contribution in [2.75, 3.05) is 35.7 Å². The van der Waals surface area contributed by atoms with Gasteiger partial charge in [-0.15, -0.1) is 0 Å². The number of benzene rings is 4. The highest BCUT2D eigenvalue weighted by atomic mass is 16.5. The lowest BCUT2D eigenvalue weighted by molar-refractivity contribution is -0.116. The zero-order valence-electron chi connectivity index (χ0n) is 21.1. The van der Waals surface area contributed by atoms with Gasteiger partial charge in [-0.1, -0.05) is 48.5 Å². The quantitative estimate of drug-likeness (QED) is 0.199. The van der Waals surface area contributed by atoms with E-state index in [1.54, 1.807) is 24.3 Å². The molecule has 0 aliphatic carbocycles. The van der Waals surface area contributed by atoms with Gasteiger partial charge in [0, 0.05) is 23.5 Å². The monoisotopic (exact) mass is 509 g/mol. The Morgan fingerprint density at radius 1 is 0.553 bits per heavy atom. The van der Waals surface area contributed by atoms with Gasteiger partial charge in [0.05, 0.1) is 6.54 Å². The summed E-state index contributed by atoms with van der Waals surface area (Å²) in [5.74, 6) is 1.31. The maximum atomic E-state index is 12.3. The Bertz CT molecular complexity index is 1280. The number of hydrogen-bond donors (Lipinski definition) is 3. The van der Waals surface area contributed by atoms with Gasteiger partial charge >= 0.3 is 0 Å². The van der Waals surface area contributed by atoms with Gasteiger partial charge in [-0.05, 0) is 72.6 Å². The van der Waals surface area contributed by atoms with Crippen LogP contribution in [-0.4, -0.2) is 31.6 Å². The molecular weight excluding hydrogens is 478 g/mol. The summed E-state index contributed by atoms with van der Waals surface area (Å²) in [7, 11) is 0. The van der Waals surface area contributed by atoms with E-state index in [1.165, 1.54) is 0 Å². The van der Waals surface area contributed by atoms with Crippen LogP contribution >= 0.6 is 0 Å². The van der Waals surface area contributed by atoms with Gasteiger partial charge < -0.3 is 25.4 Å². The molecule has 0 heterocycles. The van der Waals surface area contributed by atoms with Crippen LogP contribution in [0.15, 0.2) is 109 Å². The molecule has 0 fully saturated rings. The fourth-order valence-corrected chi connectivity index (χ4v) is 3.66. The fraction of sp³-hybridized carbons (Fsp3) is 0.161. The van der Waals surface area contributed by atoms with Crippen molar-refractivity contribution in [3.63, 3.8) is 0 Å². The average Bonchev–Trinajstić information content (AvgIpc) is 2.96. The summed E-state index contributed by atoms with van der Waals surface area (Å²) < 4.78 is 11.3. The van der Waals surface area contributed by atoms with Crippen molar-refractivity contribution in [3.8, 4) is 11.5 Å². The highest BCUT2D eigenvalue weighted by molar-refractivity contribution is 5.94. The van der Waals surface area contributed by atoms with E-state index < -0.39 is 0 Å². The third-order valence-electron chi connectivity index (χ3n) is 5.61. The Kier molecular flexibility index (Phi) is 9.74. The highest BCUT2D eigenvalue weighted by Crippen LogP contribution is 2.17. The van der Waals surface area contributed by atoms with Crippen LogP contribution in [0.25, 0.3) is 0 Å². The van der Waals surface area contributed by atoms with Gasteiger partial charge in [-0.3, -0.25) is 9.59 Å². The first-order valence-corrected chi connectivity index (χ1v) is 12.5. The Hall–Kier alpha value is -4.78. The summed E-state index contributed by atoms with van der Waals surface area (Å²) in [5.41, 5.74) is 3.28. The average molecular weight is 510 g/mol. The predicted molar refractivity (Wildman–Crippen MR) is 151 cm³/mol. The minimum absolute atomic E-state index is 0.0493. The van der Waals surface area contributed by atoms with E-state index in [9.17, 15) is 9.59 Å². The Morgan fingerprint density at radius 3 is 1.66 bits per heavy atom. The summed E-state index contributed by atoms with van der Waals surface area (Å²) in [5, 5.41) is 8.83. The molecule has 0 bridgehead atoms. The number of nitrogens with one attached hydrogen (secondary N) is 3. The molecule has 0 spiro atoms. The number of aryl methyl sites for hydroxylation is 1. The second-order valence-corrected chi connectivity index (χ2v) is 8.55. The van der Waals surface area contributed by atoms with Crippen LogP contribution in [0.1, 0.15) is 12.0 Å². The number of amides is 2. The lowest BCUT2D eigenvalue weighted by Gasteiger charge is -2.11. The van der Waals surface area contributed by atoms with Gasteiger partial charge in [0.1, 0.15) is 24.7 Å². The molecule has 0 aliphatic heterocycles. The molecule has 4 rings (SSSR count). The molecule has 3 N–H and O–H groups in total. The van der Waals surface area contributed by atoms with Crippen molar-refractivity contribution in [2.45, 2.75) is 12.8 Å². The van der Waals surface area contributed by atoms with Crippen molar-refractivity contribution in [1.29, 1.82) is 0 Å². The molecule has 7 nitrogen and oxygen atoms in total. The van der Waals surface area contributed by atoms with E-state index in [2.05, 4.69) is 16.0 Å². The summed E-state index contributed by atoms with van der Waals surface area (Å²) >= 11 is 0. The predicted octanol–water partition coefficient (Wildman–Crippen LogP) is 5.77. The number of carbonyl (C=O) groups excluding carboxylic acids is 2. The minimum Gasteiger partial charge on any atom is -0.490 e. The standard InChI is InChI=1S/C31H31N3O4/c35-30(20-11-24-7-3-1-4-8-24)33-26-12-14-27(15-13-26)34-31(36)23-32-25-16-18-29(19-17-25)38-22-21-37-28-9-5-2-6-10-28/h1-10,12-19,32H,11,20-23H2,(H,33,35)(H,34,36). The van der Waals surface area contributed by atoms with Gasteiger partial charge in [0.25, 0.3) is 0 Å². The van der Waals surface area contributed by atoms with E-state index in [0.29, 0.717) is 37.4 Å². The molecule has 4 aromatic carbocycles. The molecule has 4 aromatic rings. The molecule has 7 heteroatoms. The fourth-order valence-electron chi connectivity index (χ4n) is 3.66. The summed E-state index contributed by atoms with van der Waals surface area (Å²) in [6.07, 6.45) is 1.09. The molecule has 0 saturated heterocycles. The van der Waals surface area contributed by atoms with Crippen molar-refractivity contribution >= 4 is 28.9 Å². The summed E-state index contributed by atoms with van der Waals surface area (Å²) in [6, 6.07) is 34.0. The van der Waals surface area contributed by atoms with Crippen LogP contribution < -0.4 is 25.4 Å². The van der Waals surface area contributed by atoms with Gasteiger partial charge in [-0.2, -0.15) is 0 Å². The maximum absolute atomic E-state index is 12.3. The molecule has 0 saturated carbocycles. The summed E-state index contributed by atoms with van der Waals surface area (Å²) in [4.78, 5) is 24.6. The number of ether oxygens (including phenoxy) is 2. The zero-order valence-corrected chi connectivity index (χ0v) is 21.1. The molecular formula is C31H31N3O4. The lowest BCUT2D eigenvalue weighted by atomic mass is 10.1. The first-order valence-electron chi connectivity index (χ1n) is 12.5. The molecule has 38 heavy (non-hydrogen) atoms. The first kappa shape index (κ1) is 26.3.